The summed E-state index contributed by atoms with van der Waals surface area (Å²) in [4.78, 5) is 0. The van der Waals surface area contributed by atoms with Crippen molar-refractivity contribution in [3.05, 3.63) is 0 Å². The summed E-state index contributed by atoms with van der Waals surface area (Å²) in [5.41, 5.74) is 0. The fourth-order valence-corrected chi connectivity index (χ4v) is 0.0707. The molecular weight excluding hydrogens is 136 g/mol. The Balaban J connectivity index is -0.0000000847. The van der Waals surface area contributed by atoms with E-state index in [1.165, 1.54) is 0 Å². The van der Waals surface area contributed by atoms with E-state index in [9.17, 15) is 0 Å². The monoisotopic (exact) mass is 154 g/mol. The first kappa shape index (κ1) is 16.4. The van der Waals surface area contributed by atoms with Gasteiger partial charge in [0.1, 0.15) is 0 Å². The van der Waals surface area contributed by atoms with E-state index < -0.39 is 0 Å². The lowest BCUT2D eigenvalue weighted by Gasteiger charge is -1.79. The summed E-state index contributed by atoms with van der Waals surface area (Å²) in [6.45, 7) is 2.12. The molecule has 4 nitrogen and oxygen atoms in total. The van der Waals surface area contributed by atoms with Gasteiger partial charge < -0.3 is 20.4 Å². The van der Waals surface area contributed by atoms with Crippen LogP contribution in [0.15, 0.2) is 0 Å². The van der Waals surface area contributed by atoms with Gasteiger partial charge in [-0.15, -0.1) is 0 Å². The van der Waals surface area contributed by atoms with E-state index in [2.05, 4.69) is 0 Å². The molecule has 4 N–H and O–H groups in total. The Labute approximate surface area is 61.8 Å². The molecule has 0 bridgehead atoms. The van der Waals surface area contributed by atoms with Crippen LogP contribution in [0.25, 0.3) is 0 Å². The molecule has 0 aliphatic heterocycles. The van der Waals surface area contributed by atoms with Gasteiger partial charge in [0.25, 0.3) is 0 Å². The van der Waals surface area contributed by atoms with Crippen LogP contribution in [0.2, 0.25) is 0 Å². The molecule has 0 aromatic heterocycles. The zero-order valence-electron chi connectivity index (χ0n) is 6.62. The van der Waals surface area contributed by atoms with E-state index in [-0.39, 0.29) is 19.8 Å². The predicted octanol–water partition coefficient (Wildman–Crippen LogP) is -1.03. The molecule has 0 atom stereocenters. The molecule has 0 spiro atoms. The van der Waals surface area contributed by atoms with E-state index in [0.717, 1.165) is 7.11 Å². The molecule has 10 heavy (non-hydrogen) atoms. The fourth-order valence-electron chi connectivity index (χ4n) is 0.0707. The summed E-state index contributed by atoms with van der Waals surface area (Å²) in [6.07, 6.45) is 0.500. The van der Waals surface area contributed by atoms with Crippen LogP contribution in [0, 0.1) is 0 Å². The molecular formula is C6H18O4. The van der Waals surface area contributed by atoms with Crippen molar-refractivity contribution in [2.75, 3.05) is 26.9 Å². The molecule has 0 saturated carbocycles. The zero-order chi connectivity index (χ0) is 8.83. The normalized spacial score (nSPS) is 6.60. The van der Waals surface area contributed by atoms with Gasteiger partial charge in [-0.3, -0.25) is 0 Å². The zero-order valence-corrected chi connectivity index (χ0v) is 6.62. The van der Waals surface area contributed by atoms with Gasteiger partial charge in [-0.25, -0.2) is 0 Å². The largest absolute Gasteiger partial charge is 0.400 e. The second-order valence-corrected chi connectivity index (χ2v) is 1.12. The highest BCUT2D eigenvalue weighted by atomic mass is 16.3. The molecule has 0 aliphatic rings. The minimum Gasteiger partial charge on any atom is -0.400 e. The second kappa shape index (κ2) is 36.8. The summed E-state index contributed by atoms with van der Waals surface area (Å²) in [5, 5.41) is 30.4. The number of rotatable bonds is 2. The third-order valence-electron chi connectivity index (χ3n) is 0.316. The minimum absolute atomic E-state index is 0.0938. The first-order chi connectivity index (χ1) is 4.83. The van der Waals surface area contributed by atoms with Crippen molar-refractivity contribution in [3.8, 4) is 0 Å². The first-order valence-corrected chi connectivity index (χ1v) is 3.10. The standard InChI is InChI=1S/C3H8O2.C2H6O.CH4O/c4-2-1-3-5;1-2-3;1-2/h4-5H,1-3H2;3H,2H2,1H3;2H,1H3. The molecule has 0 aliphatic carbocycles. The number of hydrogen-bond donors (Lipinski definition) is 4. The number of aliphatic hydroxyl groups is 4. The smallest absolute Gasteiger partial charge is 0.0452 e. The second-order valence-electron chi connectivity index (χ2n) is 1.12. The summed E-state index contributed by atoms with van der Waals surface area (Å²) in [6, 6.07) is 0. The molecule has 0 unspecified atom stereocenters. The summed E-state index contributed by atoms with van der Waals surface area (Å²) in [5.74, 6) is 0. The van der Waals surface area contributed by atoms with E-state index in [0.29, 0.717) is 6.42 Å². The molecule has 0 heterocycles. The molecule has 0 amide bonds. The van der Waals surface area contributed by atoms with Crippen molar-refractivity contribution in [2.45, 2.75) is 13.3 Å². The third-order valence-corrected chi connectivity index (χ3v) is 0.316. The Kier molecular flexibility index (Phi) is 60.6. The highest BCUT2D eigenvalue weighted by Crippen LogP contribution is 1.65. The molecule has 4 heteroatoms. The van der Waals surface area contributed by atoms with Gasteiger partial charge in [-0.05, 0) is 13.3 Å². The van der Waals surface area contributed by atoms with Crippen LogP contribution in [-0.2, 0) is 0 Å². The van der Waals surface area contributed by atoms with Crippen molar-refractivity contribution in [2.24, 2.45) is 0 Å². The predicted molar refractivity (Wildman–Crippen MR) is 39.7 cm³/mol. The number of hydrogen-bond acceptors (Lipinski definition) is 4. The highest BCUT2D eigenvalue weighted by molar-refractivity contribution is 4.22. The lowest BCUT2D eigenvalue weighted by atomic mass is 10.5. The van der Waals surface area contributed by atoms with Gasteiger partial charge in [0.15, 0.2) is 0 Å². The van der Waals surface area contributed by atoms with Crippen molar-refractivity contribution in [3.63, 3.8) is 0 Å². The van der Waals surface area contributed by atoms with Crippen molar-refractivity contribution >= 4 is 0 Å². The Morgan fingerprint density at radius 1 is 0.900 bits per heavy atom. The molecule has 66 valence electrons. The molecule has 0 fully saturated rings. The van der Waals surface area contributed by atoms with Gasteiger partial charge in [-0.2, -0.15) is 0 Å². The van der Waals surface area contributed by atoms with Crippen LogP contribution in [-0.4, -0.2) is 47.4 Å². The Morgan fingerprint density at radius 3 is 1.10 bits per heavy atom. The summed E-state index contributed by atoms with van der Waals surface area (Å²) in [7, 11) is 1.00. The Hall–Kier alpha value is -0.160. The van der Waals surface area contributed by atoms with Crippen LogP contribution in [0.1, 0.15) is 13.3 Å². The van der Waals surface area contributed by atoms with Crippen LogP contribution in [0.5, 0.6) is 0 Å². The van der Waals surface area contributed by atoms with E-state index in [1.807, 2.05) is 0 Å². The van der Waals surface area contributed by atoms with Gasteiger partial charge >= 0.3 is 0 Å². The maximum Gasteiger partial charge on any atom is 0.0452 e. The first-order valence-electron chi connectivity index (χ1n) is 3.10. The SMILES string of the molecule is CCO.CO.OCCCO. The summed E-state index contributed by atoms with van der Waals surface area (Å²) < 4.78 is 0. The molecule has 0 radical (unpaired) electrons. The fraction of sp³-hybridized carbons (Fsp3) is 1.00. The van der Waals surface area contributed by atoms with Crippen LogP contribution in [0.4, 0.5) is 0 Å². The maximum absolute atomic E-state index is 7.91. The van der Waals surface area contributed by atoms with Crippen LogP contribution >= 0.6 is 0 Å². The molecule has 0 aromatic carbocycles. The van der Waals surface area contributed by atoms with Gasteiger partial charge in [-0.1, -0.05) is 0 Å². The van der Waals surface area contributed by atoms with Crippen molar-refractivity contribution in [1.82, 2.24) is 0 Å². The molecule has 0 rings (SSSR count). The Morgan fingerprint density at radius 2 is 1.10 bits per heavy atom. The van der Waals surface area contributed by atoms with E-state index in [1.54, 1.807) is 6.92 Å². The third kappa shape index (κ3) is 108. The average molecular weight is 154 g/mol. The van der Waals surface area contributed by atoms with Gasteiger partial charge in [0, 0.05) is 26.9 Å². The lowest BCUT2D eigenvalue weighted by Crippen LogP contribution is -1.85. The van der Waals surface area contributed by atoms with Gasteiger partial charge in [0.05, 0.1) is 0 Å². The van der Waals surface area contributed by atoms with E-state index >= 15 is 0 Å². The maximum atomic E-state index is 7.91. The van der Waals surface area contributed by atoms with E-state index in [4.69, 9.17) is 20.4 Å². The Bertz CT molecular complexity index is 23.7. The van der Waals surface area contributed by atoms with Gasteiger partial charge in [0.2, 0.25) is 0 Å². The average Bonchev–Trinajstić information content (AvgIpc) is 1.96. The van der Waals surface area contributed by atoms with Crippen molar-refractivity contribution in [1.29, 1.82) is 0 Å². The van der Waals surface area contributed by atoms with Crippen molar-refractivity contribution < 1.29 is 20.4 Å². The number of aliphatic hydroxyl groups excluding tert-OH is 4. The quantitative estimate of drug-likeness (QED) is 0.410. The highest BCUT2D eigenvalue weighted by Gasteiger charge is 1.70. The molecule has 0 aromatic rings. The molecule has 0 saturated heterocycles. The van der Waals surface area contributed by atoms with Crippen LogP contribution in [0.3, 0.4) is 0 Å². The lowest BCUT2D eigenvalue weighted by molar-refractivity contribution is 0.221. The van der Waals surface area contributed by atoms with Crippen LogP contribution < -0.4 is 0 Å². The summed E-state index contributed by atoms with van der Waals surface area (Å²) >= 11 is 0. The minimum atomic E-state index is 0.0938. The topological polar surface area (TPSA) is 80.9 Å².